The number of ether oxygens (including phenoxy) is 1. The Hall–Kier alpha value is -1.69. The first-order valence-corrected chi connectivity index (χ1v) is 7.60. The topological polar surface area (TPSA) is 66.8 Å². The number of thioether (sulfide) groups is 1. The van der Waals surface area contributed by atoms with Crippen LogP contribution in [0, 0.1) is 0 Å². The van der Waals surface area contributed by atoms with Gasteiger partial charge >= 0.3 is 5.97 Å². The lowest BCUT2D eigenvalue weighted by molar-refractivity contribution is -0.131. The molecule has 0 radical (unpaired) electrons. The molecule has 2 rings (SSSR count). The number of carbonyl (C=O) groups excluding carboxylic acids is 1. The summed E-state index contributed by atoms with van der Waals surface area (Å²) in [5, 5.41) is 8.81. The Kier molecular flexibility index (Phi) is 4.89. The van der Waals surface area contributed by atoms with E-state index >= 15 is 0 Å². The van der Waals surface area contributed by atoms with Crippen molar-refractivity contribution >= 4 is 23.6 Å². The van der Waals surface area contributed by atoms with Gasteiger partial charge in [0.05, 0.1) is 17.5 Å². The molecule has 1 heterocycles. The summed E-state index contributed by atoms with van der Waals surface area (Å²) in [4.78, 5) is 24.3. The van der Waals surface area contributed by atoms with Crippen LogP contribution in [0.4, 0.5) is 0 Å². The van der Waals surface area contributed by atoms with E-state index in [1.807, 2.05) is 11.8 Å². The van der Waals surface area contributed by atoms with E-state index in [4.69, 9.17) is 9.84 Å². The van der Waals surface area contributed by atoms with Crippen molar-refractivity contribution in [2.45, 2.75) is 19.4 Å². The molecule has 0 saturated carbocycles. The van der Waals surface area contributed by atoms with Crippen LogP contribution in [0.25, 0.3) is 0 Å². The monoisotopic (exact) mass is 295 g/mol. The predicted octanol–water partition coefficient (Wildman–Crippen LogP) is 2.08. The first-order valence-electron chi connectivity index (χ1n) is 6.45. The van der Waals surface area contributed by atoms with Crippen molar-refractivity contribution < 1.29 is 19.4 Å². The minimum Gasteiger partial charge on any atom is -0.491 e. The molecule has 6 heteroatoms. The summed E-state index contributed by atoms with van der Waals surface area (Å²) in [6.07, 6.45) is 0.504. The summed E-state index contributed by atoms with van der Waals surface area (Å²) in [7, 11) is 0. The number of carboxylic acid groups (broad SMARTS) is 1. The zero-order chi connectivity index (χ0) is 14.5. The maximum absolute atomic E-state index is 11.7. The standard InChI is InChI=1S/C14H17NO4S/c1-2-13(16)15-9-20-8-11(15)7-19-12-5-3-10(4-6-12)14(17)18/h3-6,11H,2,7-9H2,1H3,(H,17,18)/t11-/m1/s1. The third-order valence-corrected chi connectivity index (χ3v) is 4.23. The van der Waals surface area contributed by atoms with Gasteiger partial charge in [-0.15, -0.1) is 11.8 Å². The lowest BCUT2D eigenvalue weighted by atomic mass is 10.2. The van der Waals surface area contributed by atoms with Gasteiger partial charge in [0.15, 0.2) is 0 Å². The number of nitrogens with zero attached hydrogens (tertiary/aromatic N) is 1. The van der Waals surface area contributed by atoms with Crippen molar-refractivity contribution in [2.75, 3.05) is 18.2 Å². The summed E-state index contributed by atoms with van der Waals surface area (Å²) in [6.45, 7) is 2.29. The van der Waals surface area contributed by atoms with E-state index in [1.54, 1.807) is 23.9 Å². The van der Waals surface area contributed by atoms with Crippen LogP contribution in [-0.2, 0) is 4.79 Å². The molecular weight excluding hydrogens is 278 g/mol. The van der Waals surface area contributed by atoms with Crippen LogP contribution < -0.4 is 4.74 Å². The highest BCUT2D eigenvalue weighted by Crippen LogP contribution is 2.23. The molecule has 1 amide bonds. The SMILES string of the molecule is CCC(=O)N1CSC[C@H]1COc1ccc(C(=O)O)cc1. The summed E-state index contributed by atoms with van der Waals surface area (Å²) in [6, 6.07) is 6.38. The molecule has 108 valence electrons. The molecule has 1 fully saturated rings. The highest BCUT2D eigenvalue weighted by Gasteiger charge is 2.28. The van der Waals surface area contributed by atoms with Crippen molar-refractivity contribution in [3.63, 3.8) is 0 Å². The summed E-state index contributed by atoms with van der Waals surface area (Å²) in [5.41, 5.74) is 0.233. The van der Waals surface area contributed by atoms with Gasteiger partial charge in [-0.1, -0.05) is 6.92 Å². The second-order valence-electron chi connectivity index (χ2n) is 4.51. The molecule has 5 nitrogen and oxygen atoms in total. The van der Waals surface area contributed by atoms with Gasteiger partial charge in [0.25, 0.3) is 0 Å². The Morgan fingerprint density at radius 2 is 2.10 bits per heavy atom. The van der Waals surface area contributed by atoms with Crippen LogP contribution in [0.1, 0.15) is 23.7 Å². The van der Waals surface area contributed by atoms with Gasteiger partial charge in [-0.25, -0.2) is 4.79 Å². The Bertz CT molecular complexity index is 488. The molecule has 1 aliphatic rings. The average molecular weight is 295 g/mol. The fraction of sp³-hybridized carbons (Fsp3) is 0.429. The Labute approximate surface area is 121 Å². The van der Waals surface area contributed by atoms with E-state index in [9.17, 15) is 9.59 Å². The van der Waals surface area contributed by atoms with Gasteiger partial charge in [-0.3, -0.25) is 4.79 Å². The fourth-order valence-electron chi connectivity index (χ4n) is 1.99. The van der Waals surface area contributed by atoms with Gasteiger partial charge in [0, 0.05) is 12.2 Å². The molecule has 1 aliphatic heterocycles. The summed E-state index contributed by atoms with van der Waals surface area (Å²) >= 11 is 1.72. The molecular formula is C14H17NO4S. The molecule has 1 aromatic carbocycles. The lowest BCUT2D eigenvalue weighted by Crippen LogP contribution is -2.39. The van der Waals surface area contributed by atoms with Crippen LogP contribution in [0.5, 0.6) is 5.75 Å². The third-order valence-electron chi connectivity index (χ3n) is 3.15. The van der Waals surface area contributed by atoms with Gasteiger partial charge < -0.3 is 14.7 Å². The number of amides is 1. The van der Waals surface area contributed by atoms with Crippen molar-refractivity contribution in [3.8, 4) is 5.75 Å². The largest absolute Gasteiger partial charge is 0.491 e. The molecule has 0 aromatic heterocycles. The molecule has 1 aromatic rings. The number of carboxylic acids is 1. The minimum absolute atomic E-state index is 0.0894. The number of aromatic carboxylic acids is 1. The van der Waals surface area contributed by atoms with Gasteiger partial charge in [0.1, 0.15) is 12.4 Å². The van der Waals surface area contributed by atoms with Gasteiger partial charge in [-0.05, 0) is 24.3 Å². The smallest absolute Gasteiger partial charge is 0.335 e. The minimum atomic E-state index is -0.955. The summed E-state index contributed by atoms with van der Waals surface area (Å²) < 4.78 is 5.65. The normalized spacial score (nSPS) is 18.1. The van der Waals surface area contributed by atoms with Crippen LogP contribution >= 0.6 is 11.8 Å². The molecule has 0 unspecified atom stereocenters. The second kappa shape index (κ2) is 6.65. The molecule has 1 atom stereocenters. The van der Waals surface area contributed by atoms with Gasteiger partial charge in [0.2, 0.25) is 5.91 Å². The van der Waals surface area contributed by atoms with E-state index in [-0.39, 0.29) is 17.5 Å². The molecule has 0 spiro atoms. The van der Waals surface area contributed by atoms with Crippen LogP contribution in [-0.4, -0.2) is 46.2 Å². The molecule has 0 aliphatic carbocycles. The summed E-state index contributed by atoms with van der Waals surface area (Å²) in [5.74, 6) is 1.40. The highest BCUT2D eigenvalue weighted by molar-refractivity contribution is 7.99. The molecule has 0 bridgehead atoms. The number of rotatable bonds is 5. The number of benzene rings is 1. The zero-order valence-corrected chi connectivity index (χ0v) is 12.1. The van der Waals surface area contributed by atoms with E-state index in [1.165, 1.54) is 12.1 Å². The van der Waals surface area contributed by atoms with E-state index in [2.05, 4.69) is 0 Å². The van der Waals surface area contributed by atoms with Gasteiger partial charge in [-0.2, -0.15) is 0 Å². The highest BCUT2D eigenvalue weighted by atomic mass is 32.2. The van der Waals surface area contributed by atoms with Crippen LogP contribution in [0.15, 0.2) is 24.3 Å². The fourth-order valence-corrected chi connectivity index (χ4v) is 3.19. The second-order valence-corrected chi connectivity index (χ2v) is 5.51. The quantitative estimate of drug-likeness (QED) is 0.901. The maximum atomic E-state index is 11.7. The van der Waals surface area contributed by atoms with Crippen molar-refractivity contribution in [1.82, 2.24) is 4.90 Å². The van der Waals surface area contributed by atoms with E-state index in [0.29, 0.717) is 18.8 Å². The molecule has 1 saturated heterocycles. The first-order chi connectivity index (χ1) is 9.61. The molecule has 1 N–H and O–H groups in total. The van der Waals surface area contributed by atoms with Crippen LogP contribution in [0.2, 0.25) is 0 Å². The zero-order valence-electron chi connectivity index (χ0n) is 11.2. The van der Waals surface area contributed by atoms with Crippen molar-refractivity contribution in [1.29, 1.82) is 0 Å². The first kappa shape index (κ1) is 14.7. The average Bonchev–Trinajstić information content (AvgIpc) is 2.93. The number of hydrogen-bond acceptors (Lipinski definition) is 4. The molecule has 20 heavy (non-hydrogen) atoms. The van der Waals surface area contributed by atoms with Crippen molar-refractivity contribution in [2.24, 2.45) is 0 Å². The van der Waals surface area contributed by atoms with E-state index < -0.39 is 5.97 Å². The number of carbonyl (C=O) groups is 2. The Morgan fingerprint density at radius 3 is 2.70 bits per heavy atom. The maximum Gasteiger partial charge on any atom is 0.335 e. The lowest BCUT2D eigenvalue weighted by Gasteiger charge is -2.23. The predicted molar refractivity (Wildman–Crippen MR) is 77.1 cm³/mol. The number of hydrogen-bond donors (Lipinski definition) is 1. The van der Waals surface area contributed by atoms with Crippen LogP contribution in [0.3, 0.4) is 0 Å². The third kappa shape index (κ3) is 3.45. The van der Waals surface area contributed by atoms with E-state index in [0.717, 1.165) is 11.6 Å². The Morgan fingerprint density at radius 1 is 1.40 bits per heavy atom. The Balaban J connectivity index is 1.91. The van der Waals surface area contributed by atoms with Crippen molar-refractivity contribution in [3.05, 3.63) is 29.8 Å².